The number of nitrogens with two attached hydrogens (primary N) is 1. The number of primary amides is 1. The second-order valence-corrected chi connectivity index (χ2v) is 9.06. The molecule has 4 N–H and O–H groups in total. The van der Waals surface area contributed by atoms with E-state index >= 15 is 0 Å². The van der Waals surface area contributed by atoms with Gasteiger partial charge in [-0.05, 0) is 48.5 Å². The summed E-state index contributed by atoms with van der Waals surface area (Å²) in [5.41, 5.74) is 5.39. The highest BCUT2D eigenvalue weighted by molar-refractivity contribution is 6.31. The van der Waals surface area contributed by atoms with Crippen LogP contribution in [0, 0.1) is 0 Å². The SMILES string of the molecule is NC(=O)CC(c1cc(Oc2ccc(NC(=O)Nc3ccc(Cl)c(C(F)(F)F)c3)cc2)ccn1)N1CCOCC1. The van der Waals surface area contributed by atoms with Crippen molar-refractivity contribution < 1.29 is 32.2 Å². The molecule has 0 radical (unpaired) electrons. The number of aromatic nitrogens is 1. The Morgan fingerprint density at radius 1 is 1.03 bits per heavy atom. The molecular weight excluding hydrogens is 539 g/mol. The van der Waals surface area contributed by atoms with Crippen molar-refractivity contribution in [3.05, 3.63) is 77.1 Å². The summed E-state index contributed by atoms with van der Waals surface area (Å²) in [4.78, 5) is 30.5. The van der Waals surface area contributed by atoms with E-state index in [0.29, 0.717) is 49.2 Å². The minimum Gasteiger partial charge on any atom is -0.457 e. The predicted molar refractivity (Wildman–Crippen MR) is 139 cm³/mol. The molecule has 1 aliphatic rings. The van der Waals surface area contributed by atoms with Crippen LogP contribution in [-0.4, -0.2) is 48.1 Å². The van der Waals surface area contributed by atoms with E-state index in [1.54, 1.807) is 42.6 Å². The Kier molecular flexibility index (Phi) is 8.90. The first-order valence-corrected chi connectivity index (χ1v) is 12.2. The van der Waals surface area contributed by atoms with E-state index in [1.165, 1.54) is 6.07 Å². The average Bonchev–Trinajstić information content (AvgIpc) is 2.89. The number of nitrogens with one attached hydrogen (secondary N) is 2. The van der Waals surface area contributed by atoms with Crippen LogP contribution in [0.3, 0.4) is 0 Å². The molecule has 3 amide bonds. The lowest BCUT2D eigenvalue weighted by Gasteiger charge is -2.33. The van der Waals surface area contributed by atoms with E-state index in [0.717, 1.165) is 12.1 Å². The zero-order valence-corrected chi connectivity index (χ0v) is 21.3. The first-order valence-electron chi connectivity index (χ1n) is 11.9. The summed E-state index contributed by atoms with van der Waals surface area (Å²) in [5.74, 6) is 0.511. The number of benzene rings is 2. The Hall–Kier alpha value is -3.87. The van der Waals surface area contributed by atoms with Crippen LogP contribution >= 0.6 is 11.6 Å². The highest BCUT2D eigenvalue weighted by Gasteiger charge is 2.33. The molecule has 0 saturated carbocycles. The van der Waals surface area contributed by atoms with Gasteiger partial charge in [-0.2, -0.15) is 13.2 Å². The number of carbonyl (C=O) groups is 2. The minimum absolute atomic E-state index is 0.0654. The van der Waals surface area contributed by atoms with Gasteiger partial charge in [0.05, 0.1) is 35.5 Å². The van der Waals surface area contributed by atoms with E-state index in [1.807, 2.05) is 0 Å². The molecule has 9 nitrogen and oxygen atoms in total. The summed E-state index contributed by atoms with van der Waals surface area (Å²) in [7, 11) is 0. The maximum absolute atomic E-state index is 13.1. The van der Waals surface area contributed by atoms with Crippen molar-refractivity contribution in [2.45, 2.75) is 18.6 Å². The van der Waals surface area contributed by atoms with Gasteiger partial charge in [0.25, 0.3) is 0 Å². The molecule has 0 spiro atoms. The zero-order valence-electron chi connectivity index (χ0n) is 20.5. The van der Waals surface area contributed by atoms with Crippen LogP contribution in [0.1, 0.15) is 23.7 Å². The van der Waals surface area contributed by atoms with Crippen molar-refractivity contribution >= 4 is 34.9 Å². The summed E-state index contributed by atoms with van der Waals surface area (Å²) < 4.78 is 50.5. The van der Waals surface area contributed by atoms with Crippen molar-refractivity contribution in [3.63, 3.8) is 0 Å². The molecule has 39 heavy (non-hydrogen) atoms. The van der Waals surface area contributed by atoms with Crippen LogP contribution in [0.2, 0.25) is 5.02 Å². The summed E-state index contributed by atoms with van der Waals surface area (Å²) in [6.07, 6.45) is -2.96. The van der Waals surface area contributed by atoms with Crippen LogP contribution in [0.4, 0.5) is 29.3 Å². The van der Waals surface area contributed by atoms with Gasteiger partial charge in [0, 0.05) is 43.1 Å². The minimum atomic E-state index is -4.65. The molecule has 0 bridgehead atoms. The van der Waals surface area contributed by atoms with Crippen molar-refractivity contribution in [3.8, 4) is 11.5 Å². The van der Waals surface area contributed by atoms with Crippen LogP contribution in [0.5, 0.6) is 11.5 Å². The molecule has 13 heteroatoms. The molecule has 206 valence electrons. The Labute approximate surface area is 227 Å². The van der Waals surface area contributed by atoms with Crippen LogP contribution in [0.15, 0.2) is 60.8 Å². The third kappa shape index (κ3) is 7.82. The Balaban J connectivity index is 1.39. The Bertz CT molecular complexity index is 1320. The molecule has 4 rings (SSSR count). The molecule has 2 aromatic carbocycles. The Morgan fingerprint density at radius 2 is 1.69 bits per heavy atom. The predicted octanol–water partition coefficient (Wildman–Crippen LogP) is 5.44. The molecule has 1 unspecified atom stereocenters. The van der Waals surface area contributed by atoms with Gasteiger partial charge in [0.2, 0.25) is 5.91 Å². The van der Waals surface area contributed by atoms with Gasteiger partial charge in [-0.25, -0.2) is 4.79 Å². The number of hydrogen-bond donors (Lipinski definition) is 3. The smallest absolute Gasteiger partial charge is 0.417 e. The summed E-state index contributed by atoms with van der Waals surface area (Å²) in [6.45, 7) is 2.40. The molecule has 1 atom stereocenters. The number of pyridine rings is 1. The number of urea groups is 1. The number of rotatable bonds is 8. The quantitative estimate of drug-likeness (QED) is 0.336. The maximum atomic E-state index is 13.1. The van der Waals surface area contributed by atoms with Crippen molar-refractivity contribution in [1.82, 2.24) is 9.88 Å². The number of hydrogen-bond acceptors (Lipinski definition) is 6. The highest BCUT2D eigenvalue weighted by Crippen LogP contribution is 2.36. The Morgan fingerprint density at radius 3 is 2.36 bits per heavy atom. The first-order chi connectivity index (χ1) is 18.6. The number of nitrogens with zero attached hydrogens (tertiary/aromatic N) is 2. The number of alkyl halides is 3. The molecule has 0 aliphatic carbocycles. The second-order valence-electron chi connectivity index (χ2n) is 8.65. The van der Waals surface area contributed by atoms with Crippen LogP contribution in [-0.2, 0) is 15.7 Å². The number of halogens is 4. The fraction of sp³-hybridized carbons (Fsp3) is 0.269. The first kappa shape index (κ1) is 28.1. The standard InChI is InChI=1S/C26H25ClF3N5O4/c27-21-6-3-17(13-20(21)26(28,29)30)34-25(37)33-16-1-4-18(5-2-16)39-19-7-8-32-22(14-19)23(15-24(31)36)35-9-11-38-12-10-35/h1-8,13-14,23H,9-12,15H2,(H2,31,36)(H2,33,34,37). The largest absolute Gasteiger partial charge is 0.457 e. The lowest BCUT2D eigenvalue weighted by Crippen LogP contribution is -2.40. The molecular formula is C26H25ClF3N5O4. The molecule has 1 aromatic heterocycles. The van der Waals surface area contributed by atoms with Gasteiger partial charge in [-0.3, -0.25) is 14.7 Å². The van der Waals surface area contributed by atoms with Crippen molar-refractivity contribution in [2.24, 2.45) is 5.73 Å². The number of amides is 3. The molecule has 2 heterocycles. The van der Waals surface area contributed by atoms with Gasteiger partial charge in [-0.1, -0.05) is 11.6 Å². The number of anilines is 2. The zero-order chi connectivity index (χ0) is 28.0. The van der Waals surface area contributed by atoms with E-state index in [2.05, 4.69) is 20.5 Å². The van der Waals surface area contributed by atoms with Gasteiger partial charge >= 0.3 is 12.2 Å². The number of carbonyl (C=O) groups excluding carboxylic acids is 2. The van der Waals surface area contributed by atoms with E-state index in [9.17, 15) is 22.8 Å². The topological polar surface area (TPSA) is 119 Å². The molecule has 1 saturated heterocycles. The molecule has 1 aliphatic heterocycles. The van der Waals surface area contributed by atoms with E-state index in [-0.39, 0.29) is 18.2 Å². The molecule has 3 aromatic rings. The normalized spacial score (nSPS) is 14.9. The van der Waals surface area contributed by atoms with Crippen molar-refractivity contribution in [2.75, 3.05) is 36.9 Å². The van der Waals surface area contributed by atoms with E-state index < -0.39 is 28.7 Å². The summed E-state index contributed by atoms with van der Waals surface area (Å²) in [5, 5.41) is 4.43. The van der Waals surface area contributed by atoms with Crippen molar-refractivity contribution in [1.29, 1.82) is 0 Å². The lowest BCUT2D eigenvalue weighted by atomic mass is 10.1. The lowest BCUT2D eigenvalue weighted by molar-refractivity contribution is -0.137. The van der Waals surface area contributed by atoms with Gasteiger partial charge in [0.15, 0.2) is 0 Å². The fourth-order valence-electron chi connectivity index (χ4n) is 4.03. The van der Waals surface area contributed by atoms with Gasteiger partial charge in [0.1, 0.15) is 11.5 Å². The second kappa shape index (κ2) is 12.3. The number of ether oxygens (including phenoxy) is 2. The summed E-state index contributed by atoms with van der Waals surface area (Å²) >= 11 is 5.61. The van der Waals surface area contributed by atoms with Crippen LogP contribution in [0.25, 0.3) is 0 Å². The van der Waals surface area contributed by atoms with Gasteiger partial charge < -0.3 is 25.8 Å². The number of morpholine rings is 1. The summed E-state index contributed by atoms with van der Waals surface area (Å²) in [6, 6.07) is 11.8. The fourth-order valence-corrected chi connectivity index (χ4v) is 4.25. The monoisotopic (exact) mass is 563 g/mol. The third-order valence-corrected chi connectivity index (χ3v) is 6.18. The van der Waals surface area contributed by atoms with Crippen LogP contribution < -0.4 is 21.1 Å². The maximum Gasteiger partial charge on any atom is 0.417 e. The highest BCUT2D eigenvalue weighted by atomic mass is 35.5. The third-order valence-electron chi connectivity index (χ3n) is 5.85. The average molecular weight is 564 g/mol. The van der Waals surface area contributed by atoms with Gasteiger partial charge in [-0.15, -0.1) is 0 Å². The van der Waals surface area contributed by atoms with E-state index in [4.69, 9.17) is 26.8 Å². The molecule has 1 fully saturated rings.